The second-order valence-corrected chi connectivity index (χ2v) is 5.29. The SMILES string of the molecule is Cc1ccc(Cl)cc1NC(=O)CCNCC(C)C. The summed E-state index contributed by atoms with van der Waals surface area (Å²) < 4.78 is 0. The molecule has 0 aliphatic heterocycles. The Morgan fingerprint density at radius 3 is 2.78 bits per heavy atom. The molecule has 0 atom stereocenters. The Bertz CT molecular complexity index is 405. The zero-order valence-corrected chi connectivity index (χ0v) is 12.0. The fourth-order valence-electron chi connectivity index (χ4n) is 1.53. The van der Waals surface area contributed by atoms with Crippen LogP contribution in [0.3, 0.4) is 0 Å². The highest BCUT2D eigenvalue weighted by atomic mass is 35.5. The van der Waals surface area contributed by atoms with E-state index >= 15 is 0 Å². The third kappa shape index (κ3) is 5.52. The summed E-state index contributed by atoms with van der Waals surface area (Å²) in [6.45, 7) is 7.86. The molecular formula is C14H21ClN2O. The third-order valence-corrected chi connectivity index (χ3v) is 2.79. The number of benzene rings is 1. The Hall–Kier alpha value is -1.06. The van der Waals surface area contributed by atoms with E-state index in [0.717, 1.165) is 17.8 Å². The van der Waals surface area contributed by atoms with Crippen molar-refractivity contribution in [1.82, 2.24) is 5.32 Å². The Kier molecular flexibility index (Phi) is 6.16. The first-order valence-corrected chi connectivity index (χ1v) is 6.63. The van der Waals surface area contributed by atoms with Gasteiger partial charge < -0.3 is 10.6 Å². The van der Waals surface area contributed by atoms with Gasteiger partial charge >= 0.3 is 0 Å². The third-order valence-electron chi connectivity index (χ3n) is 2.56. The predicted molar refractivity (Wildman–Crippen MR) is 77.1 cm³/mol. The summed E-state index contributed by atoms with van der Waals surface area (Å²) >= 11 is 5.90. The molecule has 0 fully saturated rings. The average Bonchev–Trinajstić information content (AvgIpc) is 2.29. The summed E-state index contributed by atoms with van der Waals surface area (Å²) in [6, 6.07) is 5.49. The monoisotopic (exact) mass is 268 g/mol. The molecule has 0 spiro atoms. The van der Waals surface area contributed by atoms with Gasteiger partial charge in [0.2, 0.25) is 5.91 Å². The summed E-state index contributed by atoms with van der Waals surface area (Å²) in [5.41, 5.74) is 1.80. The number of hydrogen-bond donors (Lipinski definition) is 2. The molecule has 2 N–H and O–H groups in total. The van der Waals surface area contributed by atoms with Crippen LogP contribution in [0.2, 0.25) is 5.02 Å². The lowest BCUT2D eigenvalue weighted by atomic mass is 10.2. The van der Waals surface area contributed by atoms with Crippen LogP contribution in [-0.4, -0.2) is 19.0 Å². The summed E-state index contributed by atoms with van der Waals surface area (Å²) in [5, 5.41) is 6.75. The van der Waals surface area contributed by atoms with E-state index in [2.05, 4.69) is 24.5 Å². The number of amides is 1. The lowest BCUT2D eigenvalue weighted by Gasteiger charge is -2.10. The number of hydrogen-bond acceptors (Lipinski definition) is 2. The summed E-state index contributed by atoms with van der Waals surface area (Å²) in [6.07, 6.45) is 0.471. The predicted octanol–water partition coefficient (Wildman–Crippen LogP) is 3.22. The Morgan fingerprint density at radius 2 is 2.11 bits per heavy atom. The molecule has 0 saturated carbocycles. The summed E-state index contributed by atoms with van der Waals surface area (Å²) in [4.78, 5) is 11.7. The zero-order chi connectivity index (χ0) is 13.5. The van der Waals surface area contributed by atoms with Gasteiger partial charge in [0.25, 0.3) is 0 Å². The molecule has 100 valence electrons. The van der Waals surface area contributed by atoms with E-state index in [1.807, 2.05) is 19.1 Å². The number of nitrogens with one attached hydrogen (secondary N) is 2. The Morgan fingerprint density at radius 1 is 1.39 bits per heavy atom. The molecule has 1 aromatic rings. The van der Waals surface area contributed by atoms with Crippen molar-refractivity contribution in [3.63, 3.8) is 0 Å². The van der Waals surface area contributed by atoms with Crippen LogP contribution in [0, 0.1) is 12.8 Å². The van der Waals surface area contributed by atoms with Crippen molar-refractivity contribution in [1.29, 1.82) is 0 Å². The van der Waals surface area contributed by atoms with Crippen LogP contribution in [0.25, 0.3) is 0 Å². The van der Waals surface area contributed by atoms with Crippen LogP contribution >= 0.6 is 11.6 Å². The minimum Gasteiger partial charge on any atom is -0.326 e. The van der Waals surface area contributed by atoms with E-state index in [1.54, 1.807) is 6.07 Å². The minimum atomic E-state index is 0.0108. The highest BCUT2D eigenvalue weighted by Gasteiger charge is 2.05. The summed E-state index contributed by atoms with van der Waals surface area (Å²) in [5.74, 6) is 0.611. The average molecular weight is 269 g/mol. The molecule has 0 aliphatic rings. The van der Waals surface area contributed by atoms with Crippen molar-refractivity contribution in [3.05, 3.63) is 28.8 Å². The number of carbonyl (C=O) groups is 1. The normalized spacial score (nSPS) is 10.7. The first-order valence-electron chi connectivity index (χ1n) is 6.25. The van der Waals surface area contributed by atoms with E-state index in [4.69, 9.17) is 11.6 Å². The molecule has 0 radical (unpaired) electrons. The lowest BCUT2D eigenvalue weighted by molar-refractivity contribution is -0.116. The Labute approximate surface area is 114 Å². The molecule has 0 saturated heterocycles. The highest BCUT2D eigenvalue weighted by Crippen LogP contribution is 2.20. The van der Waals surface area contributed by atoms with Crippen molar-refractivity contribution in [2.75, 3.05) is 18.4 Å². The van der Waals surface area contributed by atoms with E-state index in [0.29, 0.717) is 23.9 Å². The van der Waals surface area contributed by atoms with E-state index in [-0.39, 0.29) is 5.91 Å². The number of aryl methyl sites for hydroxylation is 1. The van der Waals surface area contributed by atoms with Crippen LogP contribution < -0.4 is 10.6 Å². The van der Waals surface area contributed by atoms with Gasteiger partial charge in [-0.2, -0.15) is 0 Å². The van der Waals surface area contributed by atoms with Crippen molar-refractivity contribution < 1.29 is 4.79 Å². The zero-order valence-electron chi connectivity index (χ0n) is 11.2. The molecule has 18 heavy (non-hydrogen) atoms. The van der Waals surface area contributed by atoms with Gasteiger partial charge in [0, 0.05) is 23.7 Å². The Balaban J connectivity index is 2.38. The van der Waals surface area contributed by atoms with Gasteiger partial charge in [-0.1, -0.05) is 31.5 Å². The van der Waals surface area contributed by atoms with Crippen LogP contribution in [0.5, 0.6) is 0 Å². The number of carbonyl (C=O) groups excluding carboxylic acids is 1. The molecule has 0 bridgehead atoms. The molecule has 1 rings (SSSR count). The smallest absolute Gasteiger partial charge is 0.225 e. The molecule has 1 amide bonds. The number of halogens is 1. The fourth-order valence-corrected chi connectivity index (χ4v) is 1.71. The van der Waals surface area contributed by atoms with E-state index < -0.39 is 0 Å². The van der Waals surface area contributed by atoms with Crippen molar-refractivity contribution in [2.45, 2.75) is 27.2 Å². The highest BCUT2D eigenvalue weighted by molar-refractivity contribution is 6.31. The quantitative estimate of drug-likeness (QED) is 0.778. The van der Waals surface area contributed by atoms with Gasteiger partial charge in [0.15, 0.2) is 0 Å². The van der Waals surface area contributed by atoms with Crippen LogP contribution in [0.15, 0.2) is 18.2 Å². The fraction of sp³-hybridized carbons (Fsp3) is 0.500. The van der Waals surface area contributed by atoms with Gasteiger partial charge in [-0.3, -0.25) is 4.79 Å². The number of anilines is 1. The van der Waals surface area contributed by atoms with Crippen LogP contribution in [-0.2, 0) is 4.79 Å². The van der Waals surface area contributed by atoms with Crippen molar-refractivity contribution in [2.24, 2.45) is 5.92 Å². The van der Waals surface area contributed by atoms with Gasteiger partial charge in [-0.25, -0.2) is 0 Å². The van der Waals surface area contributed by atoms with Crippen molar-refractivity contribution in [3.8, 4) is 0 Å². The largest absolute Gasteiger partial charge is 0.326 e. The molecule has 4 heteroatoms. The second-order valence-electron chi connectivity index (χ2n) is 4.86. The first-order chi connectivity index (χ1) is 8.49. The molecular weight excluding hydrogens is 248 g/mol. The molecule has 0 unspecified atom stereocenters. The van der Waals surface area contributed by atoms with Gasteiger partial charge in [0.1, 0.15) is 0 Å². The van der Waals surface area contributed by atoms with Crippen LogP contribution in [0.1, 0.15) is 25.8 Å². The topological polar surface area (TPSA) is 41.1 Å². The first kappa shape index (κ1) is 15.0. The standard InChI is InChI=1S/C14H21ClN2O/c1-10(2)9-16-7-6-14(18)17-13-8-12(15)5-4-11(13)3/h4-5,8,10,16H,6-7,9H2,1-3H3,(H,17,18). The second kappa shape index (κ2) is 7.39. The maximum Gasteiger partial charge on any atom is 0.225 e. The van der Waals surface area contributed by atoms with Gasteiger partial charge in [-0.15, -0.1) is 0 Å². The molecule has 0 aliphatic carbocycles. The maximum absolute atomic E-state index is 11.7. The minimum absolute atomic E-state index is 0.0108. The molecule has 1 aromatic carbocycles. The van der Waals surface area contributed by atoms with Crippen LogP contribution in [0.4, 0.5) is 5.69 Å². The lowest BCUT2D eigenvalue weighted by Crippen LogP contribution is -2.25. The van der Waals surface area contributed by atoms with Gasteiger partial charge in [-0.05, 0) is 37.1 Å². The number of rotatable bonds is 6. The molecule has 3 nitrogen and oxygen atoms in total. The maximum atomic E-state index is 11.7. The molecule has 0 heterocycles. The molecule has 0 aromatic heterocycles. The summed E-state index contributed by atoms with van der Waals surface area (Å²) in [7, 11) is 0. The van der Waals surface area contributed by atoms with E-state index in [1.165, 1.54) is 0 Å². The van der Waals surface area contributed by atoms with Crippen molar-refractivity contribution >= 4 is 23.2 Å². The van der Waals surface area contributed by atoms with E-state index in [9.17, 15) is 4.79 Å². The van der Waals surface area contributed by atoms with Gasteiger partial charge in [0.05, 0.1) is 0 Å².